The molecule has 1 aliphatic heterocycles. The van der Waals surface area contributed by atoms with Crippen molar-refractivity contribution in [3.63, 3.8) is 0 Å². The Hall–Kier alpha value is -2.73. The molecule has 3 rings (SSSR count). The number of nitrogens with one attached hydrogen (secondary N) is 2. The van der Waals surface area contributed by atoms with Gasteiger partial charge in [-0.2, -0.15) is 0 Å². The van der Waals surface area contributed by atoms with Crippen LogP contribution in [0.2, 0.25) is 0 Å². The number of benzene rings is 2. The largest absolute Gasteiger partial charge is 0.353 e. The summed E-state index contributed by atoms with van der Waals surface area (Å²) in [6, 6.07) is 13.1. The highest BCUT2D eigenvalue weighted by Gasteiger charge is 2.25. The van der Waals surface area contributed by atoms with Crippen molar-refractivity contribution in [3.05, 3.63) is 71.0 Å². The predicted molar refractivity (Wildman–Crippen MR) is 111 cm³/mol. The zero-order chi connectivity index (χ0) is 20.8. The van der Waals surface area contributed by atoms with Gasteiger partial charge in [0.2, 0.25) is 5.91 Å². The minimum atomic E-state index is -0.644. The number of amides is 2. The van der Waals surface area contributed by atoms with Gasteiger partial charge in [0, 0.05) is 31.7 Å². The Balaban J connectivity index is 1.49. The van der Waals surface area contributed by atoms with E-state index in [0.29, 0.717) is 12.1 Å². The molecule has 2 aromatic rings. The Morgan fingerprint density at radius 2 is 1.76 bits per heavy atom. The zero-order valence-corrected chi connectivity index (χ0v) is 17.0. The van der Waals surface area contributed by atoms with E-state index in [4.69, 9.17) is 0 Å². The molecule has 0 radical (unpaired) electrons. The fraction of sp³-hybridized carbons (Fsp3) is 0.391. The molecule has 0 unspecified atom stereocenters. The Morgan fingerprint density at radius 3 is 2.45 bits per heavy atom. The molecule has 0 aliphatic carbocycles. The van der Waals surface area contributed by atoms with Gasteiger partial charge in [-0.15, -0.1) is 0 Å². The fourth-order valence-electron chi connectivity index (χ4n) is 3.55. The molecule has 29 heavy (non-hydrogen) atoms. The smallest absolute Gasteiger partial charge is 0.251 e. The number of hydrogen-bond acceptors (Lipinski definition) is 3. The van der Waals surface area contributed by atoms with Gasteiger partial charge in [-0.1, -0.05) is 38.1 Å². The van der Waals surface area contributed by atoms with Gasteiger partial charge in [-0.3, -0.25) is 14.5 Å². The summed E-state index contributed by atoms with van der Waals surface area (Å²) < 4.78 is 13.0. The van der Waals surface area contributed by atoms with Crippen LogP contribution in [-0.4, -0.2) is 42.4 Å². The summed E-state index contributed by atoms with van der Waals surface area (Å²) in [4.78, 5) is 27.4. The summed E-state index contributed by atoms with van der Waals surface area (Å²) in [5, 5.41) is 5.71. The molecule has 2 N–H and O–H groups in total. The molecule has 5 nitrogen and oxygen atoms in total. The van der Waals surface area contributed by atoms with E-state index in [9.17, 15) is 14.0 Å². The van der Waals surface area contributed by atoms with Crippen molar-refractivity contribution in [2.75, 3.05) is 19.6 Å². The lowest BCUT2D eigenvalue weighted by atomic mass is 10.00. The number of hydrogen-bond donors (Lipinski definition) is 2. The first-order valence-corrected chi connectivity index (χ1v) is 10.1. The van der Waals surface area contributed by atoms with Gasteiger partial charge >= 0.3 is 0 Å². The zero-order valence-electron chi connectivity index (χ0n) is 17.0. The second-order valence-corrected chi connectivity index (χ2v) is 7.79. The van der Waals surface area contributed by atoms with Crippen molar-refractivity contribution < 1.29 is 14.0 Å². The number of fused-ring (bicyclic) bond motifs is 1. The maximum absolute atomic E-state index is 13.0. The predicted octanol–water partition coefficient (Wildman–Crippen LogP) is 2.75. The van der Waals surface area contributed by atoms with E-state index >= 15 is 0 Å². The molecule has 0 fully saturated rings. The van der Waals surface area contributed by atoms with Crippen molar-refractivity contribution in [1.29, 1.82) is 0 Å². The van der Waals surface area contributed by atoms with Crippen LogP contribution in [0.25, 0.3) is 0 Å². The van der Waals surface area contributed by atoms with Gasteiger partial charge in [0.25, 0.3) is 5.91 Å². The van der Waals surface area contributed by atoms with E-state index in [0.717, 1.165) is 26.1 Å². The van der Waals surface area contributed by atoms with Gasteiger partial charge in [-0.25, -0.2) is 4.39 Å². The van der Waals surface area contributed by atoms with Crippen molar-refractivity contribution >= 4 is 11.8 Å². The van der Waals surface area contributed by atoms with Gasteiger partial charge in [0.1, 0.15) is 11.9 Å². The molecule has 0 saturated carbocycles. The first kappa shape index (κ1) is 21.0. The summed E-state index contributed by atoms with van der Waals surface area (Å²) in [5.41, 5.74) is 3.07. The number of carbonyl (C=O) groups is 2. The van der Waals surface area contributed by atoms with Crippen LogP contribution in [-0.2, 0) is 17.8 Å². The molecule has 2 aromatic carbocycles. The summed E-state index contributed by atoms with van der Waals surface area (Å²) in [7, 11) is 0. The summed E-state index contributed by atoms with van der Waals surface area (Å²) in [5.74, 6) is -1.05. The van der Waals surface area contributed by atoms with Gasteiger partial charge in [0.05, 0.1) is 0 Å². The molecule has 0 bridgehead atoms. The molecule has 0 saturated heterocycles. The van der Waals surface area contributed by atoms with Crippen LogP contribution in [0, 0.1) is 11.7 Å². The highest BCUT2D eigenvalue weighted by molar-refractivity contribution is 5.97. The topological polar surface area (TPSA) is 61.4 Å². The Kier molecular flexibility index (Phi) is 6.99. The molecule has 2 amide bonds. The molecular weight excluding hydrogens is 369 g/mol. The van der Waals surface area contributed by atoms with Crippen molar-refractivity contribution in [2.45, 2.75) is 32.9 Å². The molecule has 0 aromatic heterocycles. The molecule has 0 spiro atoms. The van der Waals surface area contributed by atoms with Gasteiger partial charge in [-0.05, 0) is 47.7 Å². The van der Waals surface area contributed by atoms with Crippen LogP contribution in [0.1, 0.15) is 35.3 Å². The van der Waals surface area contributed by atoms with Crippen molar-refractivity contribution in [2.24, 2.45) is 5.92 Å². The van der Waals surface area contributed by atoms with Crippen LogP contribution in [0.15, 0.2) is 48.5 Å². The second kappa shape index (κ2) is 9.65. The summed E-state index contributed by atoms with van der Waals surface area (Å²) in [6.45, 7) is 6.92. The Morgan fingerprint density at radius 1 is 1.07 bits per heavy atom. The highest BCUT2D eigenvalue weighted by Crippen LogP contribution is 2.17. The molecule has 1 atom stereocenters. The first-order chi connectivity index (χ1) is 13.9. The number of halogens is 1. The average Bonchev–Trinajstić information content (AvgIpc) is 2.72. The molecule has 6 heteroatoms. The van der Waals surface area contributed by atoms with Crippen molar-refractivity contribution in [3.8, 4) is 0 Å². The maximum atomic E-state index is 13.0. The maximum Gasteiger partial charge on any atom is 0.251 e. The standard InChI is InChI=1S/C23H28FN3O2/c1-16(2)21(26-22(28)18-7-9-20(24)10-8-18)23(29)25-12-14-27-13-11-17-5-3-4-6-19(17)15-27/h3-10,16,21H,11-15H2,1-2H3,(H,25,29)(H,26,28)/t21-/m0/s1. The fourth-order valence-corrected chi connectivity index (χ4v) is 3.55. The van der Waals surface area contributed by atoms with Crippen LogP contribution in [0.5, 0.6) is 0 Å². The SMILES string of the molecule is CC(C)[C@H](NC(=O)c1ccc(F)cc1)C(=O)NCCN1CCc2ccccc2C1. The van der Waals surface area contributed by atoms with E-state index in [-0.39, 0.29) is 17.7 Å². The lowest BCUT2D eigenvalue weighted by molar-refractivity contribution is -0.124. The monoisotopic (exact) mass is 397 g/mol. The number of rotatable bonds is 7. The van der Waals surface area contributed by atoms with Crippen LogP contribution in [0.3, 0.4) is 0 Å². The quantitative estimate of drug-likeness (QED) is 0.755. The minimum absolute atomic E-state index is 0.0683. The van der Waals surface area contributed by atoms with Crippen LogP contribution >= 0.6 is 0 Å². The summed E-state index contributed by atoms with van der Waals surface area (Å²) in [6.07, 6.45) is 1.02. The Bertz CT molecular complexity index is 851. The van der Waals surface area contributed by atoms with Crippen LogP contribution < -0.4 is 10.6 Å². The molecular formula is C23H28FN3O2. The summed E-state index contributed by atoms with van der Waals surface area (Å²) >= 11 is 0. The van der Waals surface area contributed by atoms with Crippen LogP contribution in [0.4, 0.5) is 4.39 Å². The van der Waals surface area contributed by atoms with E-state index in [1.165, 1.54) is 35.4 Å². The molecule has 154 valence electrons. The average molecular weight is 397 g/mol. The van der Waals surface area contributed by atoms with Gasteiger partial charge < -0.3 is 10.6 Å². The van der Waals surface area contributed by atoms with E-state index in [1.807, 2.05) is 13.8 Å². The third-order valence-electron chi connectivity index (χ3n) is 5.28. The highest BCUT2D eigenvalue weighted by atomic mass is 19.1. The third-order valence-corrected chi connectivity index (χ3v) is 5.28. The minimum Gasteiger partial charge on any atom is -0.353 e. The van der Waals surface area contributed by atoms with E-state index in [2.05, 4.69) is 39.8 Å². The molecule has 1 heterocycles. The van der Waals surface area contributed by atoms with E-state index < -0.39 is 11.9 Å². The number of carbonyl (C=O) groups excluding carboxylic acids is 2. The second-order valence-electron chi connectivity index (χ2n) is 7.79. The van der Waals surface area contributed by atoms with E-state index in [1.54, 1.807) is 0 Å². The normalized spacial score (nSPS) is 14.9. The molecule has 1 aliphatic rings. The number of nitrogens with zero attached hydrogens (tertiary/aromatic N) is 1. The Labute approximate surface area is 171 Å². The lowest BCUT2D eigenvalue weighted by Gasteiger charge is -2.29. The third kappa shape index (κ3) is 5.64. The lowest BCUT2D eigenvalue weighted by Crippen LogP contribution is -2.51. The first-order valence-electron chi connectivity index (χ1n) is 10.1. The van der Waals surface area contributed by atoms with Crippen molar-refractivity contribution in [1.82, 2.24) is 15.5 Å². The van der Waals surface area contributed by atoms with Gasteiger partial charge in [0.15, 0.2) is 0 Å².